The molecule has 0 spiro atoms. The number of fused-ring (bicyclic) bond motifs is 1. The smallest absolute Gasteiger partial charge is 0.151 e. The number of carbonyl (C=O) groups is 1. The minimum atomic E-state index is 0.764. The Bertz CT molecular complexity index is 487. The maximum Gasteiger partial charge on any atom is 0.151 e. The molecule has 0 saturated heterocycles. The SMILES string of the molecule is CSc1cc2c(S)csc2cc1C=O. The lowest BCUT2D eigenvalue weighted by Gasteiger charge is -2.01. The highest BCUT2D eigenvalue weighted by Gasteiger charge is 2.06. The summed E-state index contributed by atoms with van der Waals surface area (Å²) in [6.07, 6.45) is 2.88. The van der Waals surface area contributed by atoms with Crippen LogP contribution in [-0.2, 0) is 0 Å². The standard InChI is InChI=1S/C10H8OS3/c1-13-9-3-7-8(12)5-14-10(7)2-6(9)4-11/h2-5,12H,1H3. The van der Waals surface area contributed by atoms with E-state index in [9.17, 15) is 4.79 Å². The molecule has 0 unspecified atom stereocenters. The molecule has 14 heavy (non-hydrogen) atoms. The van der Waals surface area contributed by atoms with Gasteiger partial charge in [0.05, 0.1) is 0 Å². The first kappa shape index (κ1) is 10.1. The molecule has 72 valence electrons. The molecule has 0 saturated carbocycles. The molecule has 0 N–H and O–H groups in total. The van der Waals surface area contributed by atoms with Crippen molar-refractivity contribution in [2.24, 2.45) is 0 Å². The van der Waals surface area contributed by atoms with Crippen LogP contribution in [0.15, 0.2) is 27.3 Å². The first-order chi connectivity index (χ1) is 6.76. The fraction of sp³-hybridized carbons (Fsp3) is 0.100. The van der Waals surface area contributed by atoms with E-state index in [-0.39, 0.29) is 0 Å². The summed E-state index contributed by atoms with van der Waals surface area (Å²) < 4.78 is 1.12. The van der Waals surface area contributed by atoms with Gasteiger partial charge < -0.3 is 0 Å². The molecule has 2 rings (SSSR count). The van der Waals surface area contributed by atoms with Crippen LogP contribution in [0.2, 0.25) is 0 Å². The quantitative estimate of drug-likeness (QED) is 0.489. The zero-order valence-electron chi connectivity index (χ0n) is 7.48. The molecule has 1 nitrogen and oxygen atoms in total. The van der Waals surface area contributed by atoms with Gasteiger partial charge in [-0.1, -0.05) is 0 Å². The van der Waals surface area contributed by atoms with Crippen molar-refractivity contribution in [1.82, 2.24) is 0 Å². The van der Waals surface area contributed by atoms with E-state index in [0.29, 0.717) is 0 Å². The molecule has 0 atom stereocenters. The van der Waals surface area contributed by atoms with Crippen molar-refractivity contribution >= 4 is 52.1 Å². The fourth-order valence-electron chi connectivity index (χ4n) is 1.33. The average Bonchev–Trinajstić information content (AvgIpc) is 2.58. The van der Waals surface area contributed by atoms with Gasteiger partial charge in [-0.3, -0.25) is 4.79 Å². The van der Waals surface area contributed by atoms with Crippen LogP contribution in [0.5, 0.6) is 0 Å². The molecular formula is C10H8OS3. The van der Waals surface area contributed by atoms with E-state index in [0.717, 1.165) is 31.7 Å². The number of rotatable bonds is 2. The van der Waals surface area contributed by atoms with Crippen LogP contribution in [0.25, 0.3) is 10.1 Å². The summed E-state index contributed by atoms with van der Waals surface area (Å²) in [6.45, 7) is 0. The van der Waals surface area contributed by atoms with E-state index < -0.39 is 0 Å². The second kappa shape index (κ2) is 3.96. The lowest BCUT2D eigenvalue weighted by Crippen LogP contribution is -1.83. The van der Waals surface area contributed by atoms with E-state index in [4.69, 9.17) is 0 Å². The topological polar surface area (TPSA) is 17.1 Å². The maximum atomic E-state index is 10.8. The van der Waals surface area contributed by atoms with Crippen LogP contribution in [0.3, 0.4) is 0 Å². The molecule has 0 amide bonds. The number of carbonyl (C=O) groups excluding carboxylic acids is 1. The van der Waals surface area contributed by atoms with Crippen molar-refractivity contribution in [2.45, 2.75) is 9.79 Å². The van der Waals surface area contributed by atoms with Crippen molar-refractivity contribution in [2.75, 3.05) is 6.26 Å². The summed E-state index contributed by atoms with van der Waals surface area (Å²) in [5.74, 6) is 0. The Morgan fingerprint density at radius 2 is 2.29 bits per heavy atom. The molecule has 0 aliphatic heterocycles. The number of thioether (sulfide) groups is 1. The summed E-state index contributed by atoms with van der Waals surface area (Å²) in [4.78, 5) is 12.8. The number of thiophene rings is 1. The Kier molecular flexibility index (Phi) is 2.85. The summed E-state index contributed by atoms with van der Waals surface area (Å²) in [5.41, 5.74) is 0.764. The molecule has 1 aromatic heterocycles. The third-order valence-electron chi connectivity index (χ3n) is 2.03. The number of benzene rings is 1. The minimum absolute atomic E-state index is 0.764. The van der Waals surface area contributed by atoms with E-state index in [1.165, 1.54) is 0 Å². The van der Waals surface area contributed by atoms with Crippen LogP contribution in [0.1, 0.15) is 10.4 Å². The highest BCUT2D eigenvalue weighted by molar-refractivity contribution is 7.98. The molecule has 0 aliphatic rings. The van der Waals surface area contributed by atoms with Crippen molar-refractivity contribution in [3.63, 3.8) is 0 Å². The van der Waals surface area contributed by atoms with E-state index in [1.807, 2.05) is 23.8 Å². The Morgan fingerprint density at radius 3 is 2.93 bits per heavy atom. The Hall–Kier alpha value is -0.450. The Morgan fingerprint density at radius 1 is 1.50 bits per heavy atom. The van der Waals surface area contributed by atoms with Gasteiger partial charge in [0, 0.05) is 30.8 Å². The second-order valence-electron chi connectivity index (χ2n) is 2.83. The number of hydrogen-bond donors (Lipinski definition) is 1. The minimum Gasteiger partial charge on any atom is -0.298 e. The summed E-state index contributed by atoms with van der Waals surface area (Å²) in [5, 5.41) is 3.13. The predicted octanol–water partition coefficient (Wildman–Crippen LogP) is 3.72. The average molecular weight is 240 g/mol. The number of hydrogen-bond acceptors (Lipinski definition) is 4. The molecule has 0 fully saturated rings. The molecular weight excluding hydrogens is 232 g/mol. The Balaban J connectivity index is 2.77. The van der Waals surface area contributed by atoms with Gasteiger partial charge in [0.25, 0.3) is 0 Å². The molecule has 0 aliphatic carbocycles. The summed E-state index contributed by atoms with van der Waals surface area (Å²) in [7, 11) is 0. The third-order valence-corrected chi connectivity index (χ3v) is 4.32. The van der Waals surface area contributed by atoms with Crippen molar-refractivity contribution in [3.05, 3.63) is 23.1 Å². The third kappa shape index (κ3) is 1.58. The second-order valence-corrected chi connectivity index (χ2v) is 5.07. The molecule has 1 aromatic carbocycles. The number of thiol groups is 1. The van der Waals surface area contributed by atoms with Crippen LogP contribution in [0, 0.1) is 0 Å². The van der Waals surface area contributed by atoms with Crippen molar-refractivity contribution in [3.8, 4) is 0 Å². The zero-order valence-corrected chi connectivity index (χ0v) is 10.0. The van der Waals surface area contributed by atoms with Crippen LogP contribution < -0.4 is 0 Å². The normalized spacial score (nSPS) is 10.7. The first-order valence-corrected chi connectivity index (χ1v) is 6.55. The maximum absolute atomic E-state index is 10.8. The largest absolute Gasteiger partial charge is 0.298 e. The molecule has 2 aromatic rings. The van der Waals surface area contributed by atoms with Crippen LogP contribution in [0.4, 0.5) is 0 Å². The zero-order chi connectivity index (χ0) is 10.1. The molecule has 0 bridgehead atoms. The lowest BCUT2D eigenvalue weighted by molar-refractivity contribution is 0.112. The van der Waals surface area contributed by atoms with Gasteiger partial charge in [0.2, 0.25) is 0 Å². The molecule has 1 heterocycles. The van der Waals surface area contributed by atoms with Gasteiger partial charge in [-0.2, -0.15) is 0 Å². The Labute approximate surface area is 95.9 Å². The fourth-order valence-corrected chi connectivity index (χ4v) is 3.18. The summed E-state index contributed by atoms with van der Waals surface area (Å²) in [6, 6.07) is 3.96. The van der Waals surface area contributed by atoms with Gasteiger partial charge in [-0.15, -0.1) is 35.7 Å². The summed E-state index contributed by atoms with van der Waals surface area (Å²) >= 11 is 7.57. The lowest BCUT2D eigenvalue weighted by atomic mass is 10.2. The van der Waals surface area contributed by atoms with Gasteiger partial charge in [0.1, 0.15) is 0 Å². The van der Waals surface area contributed by atoms with Gasteiger partial charge >= 0.3 is 0 Å². The molecule has 4 heteroatoms. The van der Waals surface area contributed by atoms with Crippen LogP contribution >= 0.6 is 35.7 Å². The first-order valence-electron chi connectivity index (χ1n) is 3.99. The van der Waals surface area contributed by atoms with E-state index in [1.54, 1.807) is 23.1 Å². The van der Waals surface area contributed by atoms with Gasteiger partial charge in [-0.05, 0) is 18.4 Å². The van der Waals surface area contributed by atoms with E-state index >= 15 is 0 Å². The highest BCUT2D eigenvalue weighted by Crippen LogP contribution is 2.33. The monoisotopic (exact) mass is 240 g/mol. The highest BCUT2D eigenvalue weighted by atomic mass is 32.2. The predicted molar refractivity (Wildman–Crippen MR) is 66.2 cm³/mol. The van der Waals surface area contributed by atoms with Crippen LogP contribution in [-0.4, -0.2) is 12.5 Å². The van der Waals surface area contributed by atoms with E-state index in [2.05, 4.69) is 12.6 Å². The number of aldehydes is 1. The van der Waals surface area contributed by atoms with Gasteiger partial charge in [0.15, 0.2) is 6.29 Å². The van der Waals surface area contributed by atoms with Crippen molar-refractivity contribution < 1.29 is 4.79 Å². The van der Waals surface area contributed by atoms with Gasteiger partial charge in [-0.25, -0.2) is 0 Å². The van der Waals surface area contributed by atoms with Crippen molar-refractivity contribution in [1.29, 1.82) is 0 Å². The molecule has 0 radical (unpaired) electrons.